The van der Waals surface area contributed by atoms with E-state index in [1.54, 1.807) is 32.7 Å². The average Bonchev–Trinajstić information content (AvgIpc) is 3.12. The second-order valence-corrected chi connectivity index (χ2v) is 8.45. The van der Waals surface area contributed by atoms with Crippen molar-refractivity contribution >= 4 is 15.9 Å². The number of hydrogen-bond acceptors (Lipinski definition) is 4. The van der Waals surface area contributed by atoms with E-state index in [0.29, 0.717) is 24.5 Å². The van der Waals surface area contributed by atoms with Gasteiger partial charge < -0.3 is 9.47 Å². The molecule has 2 aromatic heterocycles. The van der Waals surface area contributed by atoms with Crippen LogP contribution in [0.25, 0.3) is 0 Å². The topological polar surface area (TPSA) is 89.2 Å². The van der Waals surface area contributed by atoms with Gasteiger partial charge in [-0.1, -0.05) is 0 Å². The van der Waals surface area contributed by atoms with Crippen molar-refractivity contribution in [2.75, 3.05) is 6.54 Å². The van der Waals surface area contributed by atoms with Crippen LogP contribution in [0.2, 0.25) is 0 Å². The minimum Gasteiger partial charge on any atom is -0.348 e. The molecular weight excluding hydrogens is 354 g/mol. The van der Waals surface area contributed by atoms with Crippen LogP contribution in [0.3, 0.4) is 0 Å². The van der Waals surface area contributed by atoms with Gasteiger partial charge in [-0.3, -0.25) is 9.48 Å². The van der Waals surface area contributed by atoms with Gasteiger partial charge in [-0.2, -0.15) is 9.82 Å². The molecule has 0 aromatic carbocycles. The lowest BCUT2D eigenvalue weighted by Crippen LogP contribution is -2.50. The molecule has 3 rings (SSSR count). The lowest BCUT2D eigenvalue weighted by molar-refractivity contribution is -0.135. The number of aryl methyl sites for hydroxylation is 2. The largest absolute Gasteiger partial charge is 0.348 e. The van der Waals surface area contributed by atoms with Gasteiger partial charge in [0.2, 0.25) is 15.9 Å². The van der Waals surface area contributed by atoms with E-state index >= 15 is 0 Å². The number of nitrogens with one attached hydrogen (secondary N) is 1. The molecule has 2 atom stereocenters. The molecule has 26 heavy (non-hydrogen) atoms. The molecule has 9 heteroatoms. The fraction of sp³-hybridized carbons (Fsp3) is 0.529. The molecule has 1 N–H and O–H groups in total. The Kier molecular flexibility index (Phi) is 4.70. The fourth-order valence-electron chi connectivity index (χ4n) is 3.61. The predicted molar refractivity (Wildman–Crippen MR) is 97.0 cm³/mol. The maximum atomic E-state index is 12.9. The molecule has 0 fully saturated rings. The first-order valence-electron chi connectivity index (χ1n) is 8.61. The number of carbonyl (C=O) groups is 1. The zero-order valence-electron chi connectivity index (χ0n) is 15.7. The van der Waals surface area contributed by atoms with Gasteiger partial charge in [0.25, 0.3) is 0 Å². The van der Waals surface area contributed by atoms with E-state index in [2.05, 4.69) is 14.4 Å². The number of carbonyl (C=O) groups excluding carboxylic acids is 1. The number of amides is 1. The number of sulfonamides is 1. The zero-order valence-corrected chi connectivity index (χ0v) is 16.5. The van der Waals surface area contributed by atoms with Crippen molar-refractivity contribution < 1.29 is 13.2 Å². The Balaban J connectivity index is 1.79. The minimum absolute atomic E-state index is 0.0972. The van der Waals surface area contributed by atoms with E-state index in [1.807, 2.05) is 25.3 Å². The molecule has 3 heterocycles. The van der Waals surface area contributed by atoms with Gasteiger partial charge in [-0.25, -0.2) is 8.42 Å². The zero-order chi connectivity index (χ0) is 19.2. The van der Waals surface area contributed by atoms with Gasteiger partial charge in [0, 0.05) is 32.0 Å². The monoisotopic (exact) mass is 379 g/mol. The van der Waals surface area contributed by atoms with Crippen LogP contribution in [-0.2, 0) is 28.4 Å². The maximum absolute atomic E-state index is 12.9. The summed E-state index contributed by atoms with van der Waals surface area (Å²) in [6.45, 7) is 8.15. The summed E-state index contributed by atoms with van der Waals surface area (Å²) in [5, 5.41) is 4.15. The Bertz CT molecular complexity index is 944. The lowest BCUT2D eigenvalue weighted by atomic mass is 10.1. The van der Waals surface area contributed by atoms with Crippen LogP contribution in [0.15, 0.2) is 23.2 Å². The second kappa shape index (κ2) is 6.55. The Morgan fingerprint density at radius 1 is 1.35 bits per heavy atom. The van der Waals surface area contributed by atoms with Crippen LogP contribution >= 0.6 is 0 Å². The van der Waals surface area contributed by atoms with Gasteiger partial charge in [0.1, 0.15) is 4.90 Å². The smallest absolute Gasteiger partial charge is 0.244 e. The van der Waals surface area contributed by atoms with Crippen LogP contribution in [0.4, 0.5) is 0 Å². The van der Waals surface area contributed by atoms with Crippen LogP contribution in [-0.4, -0.2) is 46.2 Å². The van der Waals surface area contributed by atoms with Crippen molar-refractivity contribution in [1.29, 1.82) is 0 Å². The molecule has 2 aromatic rings. The highest BCUT2D eigenvalue weighted by Gasteiger charge is 2.33. The summed E-state index contributed by atoms with van der Waals surface area (Å²) in [5.74, 6) is -0.229. The van der Waals surface area contributed by atoms with Gasteiger partial charge >= 0.3 is 0 Å². The molecule has 0 spiro atoms. The van der Waals surface area contributed by atoms with Gasteiger partial charge in [0.15, 0.2) is 0 Å². The molecule has 0 saturated heterocycles. The van der Waals surface area contributed by atoms with Crippen LogP contribution in [0.5, 0.6) is 0 Å². The summed E-state index contributed by atoms with van der Waals surface area (Å²) in [6, 6.07) is 2.99. The van der Waals surface area contributed by atoms with Crippen molar-refractivity contribution in [3.05, 3.63) is 35.4 Å². The summed E-state index contributed by atoms with van der Waals surface area (Å²) in [4.78, 5) is 14.8. The van der Waals surface area contributed by atoms with E-state index in [-0.39, 0.29) is 16.8 Å². The van der Waals surface area contributed by atoms with E-state index in [4.69, 9.17) is 0 Å². The molecule has 0 bridgehead atoms. The Morgan fingerprint density at radius 2 is 2.04 bits per heavy atom. The maximum Gasteiger partial charge on any atom is 0.244 e. The molecular formula is C17H25N5O3S. The fourth-order valence-corrected chi connectivity index (χ4v) is 5.25. The Labute approximate surface area is 153 Å². The van der Waals surface area contributed by atoms with Gasteiger partial charge in [-0.05, 0) is 39.8 Å². The van der Waals surface area contributed by atoms with Crippen molar-refractivity contribution in [1.82, 2.24) is 24.0 Å². The minimum atomic E-state index is -3.84. The molecule has 0 aliphatic carbocycles. The van der Waals surface area contributed by atoms with Crippen molar-refractivity contribution in [2.45, 2.75) is 51.2 Å². The molecule has 142 valence electrons. The van der Waals surface area contributed by atoms with Crippen molar-refractivity contribution in [3.63, 3.8) is 0 Å². The third-order valence-electron chi connectivity index (χ3n) is 5.04. The summed E-state index contributed by atoms with van der Waals surface area (Å²) in [6.07, 6.45) is 1.99. The highest BCUT2D eigenvalue weighted by atomic mass is 32.2. The average molecular weight is 379 g/mol. The first-order chi connectivity index (χ1) is 12.1. The summed E-state index contributed by atoms with van der Waals surface area (Å²) >= 11 is 0. The SMILES string of the molecule is Cc1nn(C)c(C)c1S(=O)(=O)N[C@H](C)C(=O)N1CCn2cccc2[C@H]1C. The number of hydrogen-bond donors (Lipinski definition) is 1. The Hall–Kier alpha value is -2.13. The lowest BCUT2D eigenvalue weighted by Gasteiger charge is -2.36. The quantitative estimate of drug-likeness (QED) is 0.862. The number of nitrogens with zero attached hydrogens (tertiary/aromatic N) is 4. The first-order valence-corrected chi connectivity index (χ1v) is 10.1. The van der Waals surface area contributed by atoms with E-state index in [1.165, 1.54) is 4.68 Å². The number of fused-ring (bicyclic) bond motifs is 1. The van der Waals surface area contributed by atoms with E-state index in [0.717, 1.165) is 5.69 Å². The van der Waals surface area contributed by atoms with Crippen LogP contribution in [0.1, 0.15) is 37.0 Å². The second-order valence-electron chi connectivity index (χ2n) is 6.80. The van der Waals surface area contributed by atoms with Gasteiger partial charge in [0.05, 0.1) is 23.5 Å². The van der Waals surface area contributed by atoms with Crippen LogP contribution in [0, 0.1) is 13.8 Å². The molecule has 8 nitrogen and oxygen atoms in total. The van der Waals surface area contributed by atoms with Crippen molar-refractivity contribution in [2.24, 2.45) is 7.05 Å². The normalized spacial score (nSPS) is 18.7. The van der Waals surface area contributed by atoms with E-state index in [9.17, 15) is 13.2 Å². The summed E-state index contributed by atoms with van der Waals surface area (Å²) in [7, 11) is -2.14. The first kappa shape index (κ1) is 18.7. The molecule has 1 amide bonds. The number of aromatic nitrogens is 3. The molecule has 0 unspecified atom stereocenters. The summed E-state index contributed by atoms with van der Waals surface area (Å²) < 4.78 is 31.7. The molecule has 0 radical (unpaired) electrons. The summed E-state index contributed by atoms with van der Waals surface area (Å²) in [5.41, 5.74) is 2.01. The molecule has 1 aliphatic rings. The van der Waals surface area contributed by atoms with E-state index < -0.39 is 16.1 Å². The third kappa shape index (κ3) is 3.05. The van der Waals surface area contributed by atoms with Crippen LogP contribution < -0.4 is 4.72 Å². The Morgan fingerprint density at radius 3 is 2.65 bits per heavy atom. The highest BCUT2D eigenvalue weighted by Crippen LogP contribution is 2.26. The molecule has 0 saturated carbocycles. The standard InChI is InChI=1S/C17H25N5O3S/c1-11-16(14(4)20(5)18-11)26(24,25)19-12(2)17(23)22-10-9-21-8-6-7-15(21)13(22)3/h6-8,12-13,19H,9-10H2,1-5H3/t12-,13-/m1/s1. The number of rotatable bonds is 4. The van der Waals surface area contributed by atoms with Crippen molar-refractivity contribution in [3.8, 4) is 0 Å². The van der Waals surface area contributed by atoms with Gasteiger partial charge in [-0.15, -0.1) is 0 Å². The predicted octanol–water partition coefficient (Wildman–Crippen LogP) is 1.11. The molecule has 1 aliphatic heterocycles. The highest BCUT2D eigenvalue weighted by molar-refractivity contribution is 7.89. The third-order valence-corrected chi connectivity index (χ3v) is 6.83.